The lowest BCUT2D eigenvalue weighted by Gasteiger charge is -2.44. The van der Waals surface area contributed by atoms with Gasteiger partial charge in [0.05, 0.1) is 5.69 Å². The summed E-state index contributed by atoms with van der Waals surface area (Å²) in [4.78, 5) is 21.9. The number of aromatic amines is 1. The first-order valence-corrected chi connectivity index (χ1v) is 10.2. The number of imidazole rings is 1. The Labute approximate surface area is 167 Å². The van der Waals surface area contributed by atoms with Crippen molar-refractivity contribution in [2.45, 2.75) is 52.7 Å². The van der Waals surface area contributed by atoms with Crippen LogP contribution in [0.4, 0.5) is 5.13 Å². The van der Waals surface area contributed by atoms with Crippen molar-refractivity contribution in [1.82, 2.24) is 25.5 Å². The Hall–Kier alpha value is -1.71. The highest BCUT2D eigenvalue weighted by molar-refractivity contribution is 7.15. The lowest BCUT2D eigenvalue weighted by Crippen LogP contribution is -2.56. The number of aromatic nitrogens is 4. The number of carbonyl (C=O) groups excluding carboxylic acids is 1. The van der Waals surface area contributed by atoms with Gasteiger partial charge in [0, 0.05) is 24.5 Å². The SMILES string of the molecule is CCc1[nH]c(C(=O)N[C@@H]2CCN(c3nnc(C(C)O)s3)CC2(C)C)nc1Cl. The topological polar surface area (TPSA) is 107 Å². The van der Waals surface area contributed by atoms with Gasteiger partial charge in [-0.3, -0.25) is 4.79 Å². The summed E-state index contributed by atoms with van der Waals surface area (Å²) in [5, 5.41) is 22.8. The smallest absolute Gasteiger partial charge is 0.287 e. The Morgan fingerprint density at radius 3 is 2.81 bits per heavy atom. The molecule has 1 aliphatic rings. The lowest BCUT2D eigenvalue weighted by molar-refractivity contribution is 0.0869. The Kier molecular flexibility index (Phi) is 5.73. The minimum Gasteiger partial charge on any atom is -0.386 e. The third kappa shape index (κ3) is 4.25. The zero-order chi connectivity index (χ0) is 19.8. The molecule has 1 fully saturated rings. The van der Waals surface area contributed by atoms with Crippen molar-refractivity contribution in [3.05, 3.63) is 21.7 Å². The third-order valence-electron chi connectivity index (χ3n) is 4.89. The largest absolute Gasteiger partial charge is 0.386 e. The van der Waals surface area contributed by atoms with Crippen LogP contribution >= 0.6 is 22.9 Å². The zero-order valence-electron chi connectivity index (χ0n) is 15.9. The molecule has 3 heterocycles. The van der Waals surface area contributed by atoms with E-state index >= 15 is 0 Å². The normalized spacial score (nSPS) is 20.5. The number of amides is 1. The third-order valence-corrected chi connectivity index (χ3v) is 6.36. The summed E-state index contributed by atoms with van der Waals surface area (Å²) < 4.78 is 0. The van der Waals surface area contributed by atoms with Crippen LogP contribution in [0.1, 0.15) is 61.5 Å². The van der Waals surface area contributed by atoms with Crippen LogP contribution in [0.15, 0.2) is 0 Å². The summed E-state index contributed by atoms with van der Waals surface area (Å²) in [6, 6.07) is -0.000593. The number of rotatable bonds is 5. The number of carbonyl (C=O) groups is 1. The first-order valence-electron chi connectivity index (χ1n) is 9.03. The Morgan fingerprint density at radius 2 is 2.26 bits per heavy atom. The molecule has 27 heavy (non-hydrogen) atoms. The quantitative estimate of drug-likeness (QED) is 0.696. The van der Waals surface area contributed by atoms with E-state index < -0.39 is 6.10 Å². The van der Waals surface area contributed by atoms with Gasteiger partial charge in [-0.25, -0.2) is 4.98 Å². The standard InChI is InChI=1S/C17H25ClN6O2S/c1-5-10-12(18)21-13(19-10)14(26)20-11-6-7-24(8-17(11,3)4)16-23-22-15(27-16)9(2)25/h9,11,25H,5-8H2,1-4H3,(H,19,21)(H,20,26)/t9?,11-/m1/s1. The van der Waals surface area contributed by atoms with Gasteiger partial charge in [0.15, 0.2) is 11.0 Å². The molecule has 1 unspecified atom stereocenters. The number of hydrogen-bond donors (Lipinski definition) is 3. The molecule has 0 spiro atoms. The van der Waals surface area contributed by atoms with E-state index in [4.69, 9.17) is 11.6 Å². The summed E-state index contributed by atoms with van der Waals surface area (Å²) in [6.07, 6.45) is 0.852. The van der Waals surface area contributed by atoms with Crippen LogP contribution < -0.4 is 10.2 Å². The van der Waals surface area contributed by atoms with Crippen LogP contribution in [-0.4, -0.2) is 50.3 Å². The van der Waals surface area contributed by atoms with Crippen molar-refractivity contribution >= 4 is 34.0 Å². The number of aliphatic hydroxyl groups excluding tert-OH is 1. The van der Waals surface area contributed by atoms with E-state index in [-0.39, 0.29) is 23.2 Å². The maximum Gasteiger partial charge on any atom is 0.287 e. The number of halogens is 1. The molecule has 3 rings (SSSR count). The van der Waals surface area contributed by atoms with Crippen LogP contribution in [0.2, 0.25) is 5.15 Å². The summed E-state index contributed by atoms with van der Waals surface area (Å²) >= 11 is 7.44. The summed E-state index contributed by atoms with van der Waals surface area (Å²) in [5.74, 6) is 0.0104. The van der Waals surface area contributed by atoms with Gasteiger partial charge in [0.1, 0.15) is 11.1 Å². The van der Waals surface area contributed by atoms with E-state index in [1.54, 1.807) is 6.92 Å². The maximum absolute atomic E-state index is 12.6. The summed E-state index contributed by atoms with van der Waals surface area (Å²) in [7, 11) is 0. The minimum absolute atomic E-state index is 0.000593. The Bertz CT molecular complexity index is 818. The molecule has 3 N–H and O–H groups in total. The van der Waals surface area contributed by atoms with Crippen LogP contribution in [-0.2, 0) is 6.42 Å². The van der Waals surface area contributed by atoms with Gasteiger partial charge in [-0.2, -0.15) is 0 Å². The minimum atomic E-state index is -0.616. The number of H-pyrrole nitrogens is 1. The van der Waals surface area contributed by atoms with Crippen LogP contribution in [0, 0.1) is 5.41 Å². The molecule has 2 atom stereocenters. The van der Waals surface area contributed by atoms with Crippen molar-refractivity contribution < 1.29 is 9.90 Å². The predicted octanol–water partition coefficient (Wildman–Crippen LogP) is 2.57. The highest BCUT2D eigenvalue weighted by atomic mass is 35.5. The molecule has 10 heteroatoms. The number of hydrogen-bond acceptors (Lipinski definition) is 7. The zero-order valence-corrected chi connectivity index (χ0v) is 17.5. The second kappa shape index (κ2) is 7.73. The molecule has 0 bridgehead atoms. The molecule has 1 saturated heterocycles. The van der Waals surface area contributed by atoms with Crippen molar-refractivity contribution in [3.8, 4) is 0 Å². The van der Waals surface area contributed by atoms with Crippen molar-refractivity contribution in [3.63, 3.8) is 0 Å². The molecule has 0 saturated carbocycles. The highest BCUT2D eigenvalue weighted by Gasteiger charge is 2.38. The molecule has 148 valence electrons. The molecule has 0 aromatic carbocycles. The fraction of sp³-hybridized carbons (Fsp3) is 0.647. The number of piperidine rings is 1. The van der Waals surface area contributed by atoms with Gasteiger partial charge in [0.25, 0.3) is 5.91 Å². The van der Waals surface area contributed by atoms with Gasteiger partial charge < -0.3 is 20.3 Å². The Balaban J connectivity index is 1.67. The van der Waals surface area contributed by atoms with Crippen molar-refractivity contribution in [2.75, 3.05) is 18.0 Å². The first-order chi connectivity index (χ1) is 12.7. The van der Waals surface area contributed by atoms with E-state index in [0.29, 0.717) is 16.6 Å². The van der Waals surface area contributed by atoms with Crippen LogP contribution in [0.3, 0.4) is 0 Å². The van der Waals surface area contributed by atoms with Gasteiger partial charge in [0.2, 0.25) is 5.13 Å². The fourth-order valence-electron chi connectivity index (χ4n) is 3.27. The first kappa shape index (κ1) is 20.0. The number of nitrogens with one attached hydrogen (secondary N) is 2. The molecular weight excluding hydrogens is 388 g/mol. The average Bonchev–Trinajstić information content (AvgIpc) is 3.23. The second-order valence-electron chi connectivity index (χ2n) is 7.53. The molecular formula is C17H25ClN6O2S. The number of aliphatic hydroxyl groups is 1. The van der Waals surface area contributed by atoms with Gasteiger partial charge in [-0.15, -0.1) is 10.2 Å². The number of anilines is 1. The average molecular weight is 413 g/mol. The number of nitrogens with zero attached hydrogens (tertiary/aromatic N) is 4. The molecule has 0 aliphatic carbocycles. The molecule has 1 amide bonds. The molecule has 1 aliphatic heterocycles. The van der Waals surface area contributed by atoms with Crippen molar-refractivity contribution in [2.24, 2.45) is 5.41 Å². The van der Waals surface area contributed by atoms with Gasteiger partial charge in [-0.1, -0.05) is 43.7 Å². The van der Waals surface area contributed by atoms with Gasteiger partial charge in [-0.05, 0) is 19.8 Å². The monoisotopic (exact) mass is 412 g/mol. The summed E-state index contributed by atoms with van der Waals surface area (Å²) in [6.45, 7) is 9.35. The van der Waals surface area contributed by atoms with Crippen LogP contribution in [0.25, 0.3) is 0 Å². The fourth-order valence-corrected chi connectivity index (χ4v) is 4.34. The molecule has 0 radical (unpaired) electrons. The van der Waals surface area contributed by atoms with E-state index in [9.17, 15) is 9.90 Å². The Morgan fingerprint density at radius 1 is 1.52 bits per heavy atom. The highest BCUT2D eigenvalue weighted by Crippen LogP contribution is 2.34. The summed E-state index contributed by atoms with van der Waals surface area (Å²) in [5.41, 5.74) is 0.593. The predicted molar refractivity (Wildman–Crippen MR) is 105 cm³/mol. The van der Waals surface area contributed by atoms with E-state index in [1.165, 1.54) is 11.3 Å². The maximum atomic E-state index is 12.6. The van der Waals surface area contributed by atoms with Gasteiger partial charge >= 0.3 is 0 Å². The van der Waals surface area contributed by atoms with E-state index in [0.717, 1.165) is 30.3 Å². The molecule has 2 aromatic rings. The molecule has 8 nitrogen and oxygen atoms in total. The van der Waals surface area contributed by atoms with E-state index in [1.807, 2.05) is 6.92 Å². The second-order valence-corrected chi connectivity index (χ2v) is 8.88. The van der Waals surface area contributed by atoms with Crippen LogP contribution in [0.5, 0.6) is 0 Å². The number of aryl methyl sites for hydroxylation is 1. The molecule has 2 aromatic heterocycles. The van der Waals surface area contributed by atoms with Crippen molar-refractivity contribution in [1.29, 1.82) is 0 Å². The lowest BCUT2D eigenvalue weighted by atomic mass is 9.79. The van der Waals surface area contributed by atoms with E-state index in [2.05, 4.69) is 44.2 Å².